The summed E-state index contributed by atoms with van der Waals surface area (Å²) in [5.74, 6) is -2.54. The van der Waals surface area contributed by atoms with Gasteiger partial charge in [-0.3, -0.25) is 24.0 Å². The van der Waals surface area contributed by atoms with Crippen molar-refractivity contribution in [1.82, 2.24) is 5.32 Å². The Morgan fingerprint density at radius 2 is 0.789 bits per heavy atom. The second-order valence-electron chi connectivity index (χ2n) is 13.1. The maximum Gasteiger partial charge on any atom is 0.322 e. The SMILES string of the molecule is NCC(=O)N(Cc1ccccc1)c1ccc(C(=O)N(Cc2ccccc2)c2ccc(C(=O)N(Cc3ccccc3)c3ccc(C(=O)NCC(=O)O)cc3)cc2)cc1. The molecule has 0 aliphatic carbocycles. The molecule has 0 fully saturated rings. The van der Waals surface area contributed by atoms with E-state index in [0.717, 1.165) is 16.7 Å². The summed E-state index contributed by atoms with van der Waals surface area (Å²) >= 11 is 0. The minimum Gasteiger partial charge on any atom is -0.480 e. The Bertz CT molecular complexity index is 2300. The minimum absolute atomic E-state index is 0.165. The van der Waals surface area contributed by atoms with Crippen LogP contribution in [0.3, 0.4) is 0 Å². The average molecular weight is 760 g/mol. The lowest BCUT2D eigenvalue weighted by Crippen LogP contribution is -2.35. The van der Waals surface area contributed by atoms with Crippen molar-refractivity contribution in [3.05, 3.63) is 197 Å². The molecule has 4 amide bonds. The van der Waals surface area contributed by atoms with Gasteiger partial charge in [-0.25, -0.2) is 0 Å². The zero-order chi connectivity index (χ0) is 40.1. The van der Waals surface area contributed by atoms with Crippen LogP contribution in [0.2, 0.25) is 0 Å². The summed E-state index contributed by atoms with van der Waals surface area (Å²) in [5, 5.41) is 11.3. The molecule has 0 heterocycles. The molecule has 286 valence electrons. The van der Waals surface area contributed by atoms with E-state index >= 15 is 0 Å². The first kappa shape index (κ1) is 39.3. The number of carbonyl (C=O) groups is 5. The fourth-order valence-corrected chi connectivity index (χ4v) is 6.22. The van der Waals surface area contributed by atoms with Crippen LogP contribution >= 0.6 is 0 Å². The van der Waals surface area contributed by atoms with Gasteiger partial charge < -0.3 is 30.9 Å². The van der Waals surface area contributed by atoms with Crippen molar-refractivity contribution >= 4 is 46.7 Å². The number of benzene rings is 6. The second kappa shape index (κ2) is 18.8. The van der Waals surface area contributed by atoms with Gasteiger partial charge in [-0.1, -0.05) is 91.0 Å². The highest BCUT2D eigenvalue weighted by atomic mass is 16.4. The van der Waals surface area contributed by atoms with Crippen LogP contribution in [0.1, 0.15) is 47.8 Å². The van der Waals surface area contributed by atoms with Crippen LogP contribution in [-0.4, -0.2) is 47.8 Å². The summed E-state index contributed by atoms with van der Waals surface area (Å²) in [6.45, 7) is 0.145. The number of hydrogen-bond donors (Lipinski definition) is 3. The molecule has 0 aromatic heterocycles. The standard InChI is InChI=1S/C46H41N5O6/c47-28-42(52)49(30-33-10-4-1-5-11-33)39-24-18-37(19-25-39)45(56)51(32-35-14-8-3-9-15-35)41-26-20-38(21-27-41)46(57)50(31-34-12-6-2-7-13-34)40-22-16-36(17-23-40)44(55)48-29-43(53)54/h1-27H,28-32,47H2,(H,48,55)(H,53,54). The van der Waals surface area contributed by atoms with Crippen LogP contribution in [-0.2, 0) is 29.2 Å². The number of nitrogens with one attached hydrogen (secondary N) is 1. The Labute approximate surface area is 330 Å². The molecule has 0 aliphatic heterocycles. The zero-order valence-electron chi connectivity index (χ0n) is 31.0. The molecule has 6 aromatic rings. The van der Waals surface area contributed by atoms with E-state index in [9.17, 15) is 24.0 Å². The van der Waals surface area contributed by atoms with Gasteiger partial charge in [-0.2, -0.15) is 0 Å². The van der Waals surface area contributed by atoms with E-state index < -0.39 is 18.4 Å². The smallest absolute Gasteiger partial charge is 0.322 e. The second-order valence-corrected chi connectivity index (χ2v) is 13.1. The molecule has 11 nitrogen and oxygen atoms in total. The quantitative estimate of drug-likeness (QED) is 0.106. The predicted octanol–water partition coefficient (Wildman–Crippen LogP) is 6.69. The van der Waals surface area contributed by atoms with Crippen molar-refractivity contribution in [1.29, 1.82) is 0 Å². The van der Waals surface area contributed by atoms with Gasteiger partial charge in [0.1, 0.15) is 6.54 Å². The highest BCUT2D eigenvalue weighted by Gasteiger charge is 2.23. The first-order chi connectivity index (χ1) is 27.7. The van der Waals surface area contributed by atoms with Gasteiger partial charge in [0.2, 0.25) is 5.91 Å². The van der Waals surface area contributed by atoms with Gasteiger partial charge in [-0.15, -0.1) is 0 Å². The van der Waals surface area contributed by atoms with Gasteiger partial charge >= 0.3 is 5.97 Å². The van der Waals surface area contributed by atoms with Crippen molar-refractivity contribution in [2.45, 2.75) is 19.6 Å². The van der Waals surface area contributed by atoms with Crippen LogP contribution in [0.4, 0.5) is 17.1 Å². The molecule has 0 radical (unpaired) electrons. The maximum absolute atomic E-state index is 14.3. The van der Waals surface area contributed by atoms with E-state index in [2.05, 4.69) is 5.32 Å². The van der Waals surface area contributed by atoms with E-state index in [0.29, 0.717) is 34.7 Å². The molecular weight excluding hydrogens is 719 g/mol. The minimum atomic E-state index is -1.16. The molecule has 6 aromatic carbocycles. The number of amides is 4. The van der Waals surface area contributed by atoms with Crippen LogP contribution in [0.15, 0.2) is 164 Å². The number of nitrogens with zero attached hydrogens (tertiary/aromatic N) is 3. The lowest BCUT2D eigenvalue weighted by Gasteiger charge is -2.26. The molecule has 0 bridgehead atoms. The van der Waals surface area contributed by atoms with Crippen molar-refractivity contribution in [2.75, 3.05) is 27.8 Å². The van der Waals surface area contributed by atoms with Crippen molar-refractivity contribution in [2.24, 2.45) is 5.73 Å². The molecule has 6 rings (SSSR count). The molecule has 0 saturated heterocycles. The molecule has 4 N–H and O–H groups in total. The number of nitrogens with two attached hydrogens (primary N) is 1. The fraction of sp³-hybridized carbons (Fsp3) is 0.109. The molecule has 0 unspecified atom stereocenters. The van der Waals surface area contributed by atoms with Gasteiger partial charge in [0.15, 0.2) is 0 Å². The fourth-order valence-electron chi connectivity index (χ4n) is 6.22. The van der Waals surface area contributed by atoms with Crippen molar-refractivity contribution in [3.8, 4) is 0 Å². The van der Waals surface area contributed by atoms with E-state index in [-0.39, 0.29) is 42.9 Å². The summed E-state index contributed by atoms with van der Waals surface area (Å²) < 4.78 is 0. The molecule has 0 saturated carbocycles. The highest BCUT2D eigenvalue weighted by Crippen LogP contribution is 2.26. The molecule has 11 heteroatoms. The number of anilines is 3. The van der Waals surface area contributed by atoms with Crippen LogP contribution in [0.5, 0.6) is 0 Å². The Balaban J connectivity index is 1.26. The summed E-state index contributed by atoms with van der Waals surface area (Å²) in [5.41, 5.74) is 11.2. The third-order valence-corrected chi connectivity index (χ3v) is 9.21. The number of aliphatic carboxylic acids is 1. The Hall–Kier alpha value is -7.37. The first-order valence-corrected chi connectivity index (χ1v) is 18.3. The van der Waals surface area contributed by atoms with Crippen LogP contribution < -0.4 is 25.8 Å². The topological polar surface area (TPSA) is 153 Å². The maximum atomic E-state index is 14.3. The van der Waals surface area contributed by atoms with Crippen molar-refractivity contribution in [3.63, 3.8) is 0 Å². The van der Waals surface area contributed by atoms with Gasteiger partial charge in [0.05, 0.1) is 26.2 Å². The summed E-state index contributed by atoms with van der Waals surface area (Å²) in [7, 11) is 0. The Morgan fingerprint density at radius 1 is 0.456 bits per heavy atom. The predicted molar refractivity (Wildman–Crippen MR) is 220 cm³/mol. The number of carbonyl (C=O) groups excluding carboxylic acids is 4. The van der Waals surface area contributed by atoms with Crippen LogP contribution in [0.25, 0.3) is 0 Å². The molecule has 57 heavy (non-hydrogen) atoms. The third-order valence-electron chi connectivity index (χ3n) is 9.21. The normalized spacial score (nSPS) is 10.6. The molecule has 0 atom stereocenters. The number of rotatable bonds is 15. The molecule has 0 aliphatic rings. The zero-order valence-corrected chi connectivity index (χ0v) is 31.0. The Kier molecular flexibility index (Phi) is 13.0. The Morgan fingerprint density at radius 3 is 1.14 bits per heavy atom. The number of carboxylic acid groups (broad SMARTS) is 1. The lowest BCUT2D eigenvalue weighted by atomic mass is 10.1. The summed E-state index contributed by atoms with van der Waals surface area (Å²) in [6.07, 6.45) is 0. The number of carboxylic acids is 1. The van der Waals surface area contributed by atoms with Crippen molar-refractivity contribution < 1.29 is 29.1 Å². The monoisotopic (exact) mass is 759 g/mol. The van der Waals surface area contributed by atoms with Gasteiger partial charge in [-0.05, 0) is 89.5 Å². The van der Waals surface area contributed by atoms with E-state index in [1.165, 1.54) is 12.1 Å². The van der Waals surface area contributed by atoms with E-state index in [1.54, 1.807) is 75.4 Å². The van der Waals surface area contributed by atoms with Crippen LogP contribution in [0, 0.1) is 0 Å². The first-order valence-electron chi connectivity index (χ1n) is 18.3. The highest BCUT2D eigenvalue weighted by molar-refractivity contribution is 6.08. The molecular formula is C46H41N5O6. The largest absolute Gasteiger partial charge is 0.480 e. The summed E-state index contributed by atoms with van der Waals surface area (Å²) in [4.78, 5) is 69.5. The number of hydrogen-bond acceptors (Lipinski definition) is 6. The van der Waals surface area contributed by atoms with Gasteiger partial charge in [0.25, 0.3) is 17.7 Å². The summed E-state index contributed by atoms with van der Waals surface area (Å²) in [6, 6.07) is 48.7. The molecule has 0 spiro atoms. The van der Waals surface area contributed by atoms with E-state index in [1.807, 2.05) is 91.0 Å². The van der Waals surface area contributed by atoms with E-state index in [4.69, 9.17) is 10.8 Å². The average Bonchev–Trinajstić information content (AvgIpc) is 3.26. The third kappa shape index (κ3) is 10.2. The lowest BCUT2D eigenvalue weighted by molar-refractivity contribution is -0.135. The van der Waals surface area contributed by atoms with Gasteiger partial charge in [0, 0.05) is 33.8 Å².